The Kier molecular flexibility index (Phi) is 5.54. The van der Waals surface area contributed by atoms with Gasteiger partial charge in [-0.15, -0.1) is 0 Å². The number of hydrogen-bond donors (Lipinski definition) is 1. The Balaban J connectivity index is 1.59. The molecule has 24 heavy (non-hydrogen) atoms. The normalized spacial score (nSPS) is 21.8. The first-order chi connectivity index (χ1) is 11.6. The predicted octanol–water partition coefficient (Wildman–Crippen LogP) is 1.26. The Morgan fingerprint density at radius 1 is 1.29 bits per heavy atom. The average Bonchev–Trinajstić information content (AvgIpc) is 2.55. The van der Waals surface area contributed by atoms with Gasteiger partial charge in [0, 0.05) is 33.2 Å². The van der Waals surface area contributed by atoms with E-state index in [0.717, 1.165) is 51.1 Å². The molecule has 1 N–H and O–H groups in total. The molecule has 0 spiro atoms. The zero-order valence-electron chi connectivity index (χ0n) is 14.5. The van der Waals surface area contributed by atoms with Crippen LogP contribution in [-0.2, 0) is 14.9 Å². The fourth-order valence-corrected chi connectivity index (χ4v) is 3.82. The smallest absolute Gasteiger partial charge is 0.233 e. The van der Waals surface area contributed by atoms with Gasteiger partial charge in [-0.2, -0.15) is 0 Å². The number of morpholine rings is 1. The van der Waals surface area contributed by atoms with Crippen molar-refractivity contribution in [2.75, 3.05) is 46.4 Å². The predicted molar refractivity (Wildman–Crippen MR) is 92.9 cm³/mol. The average molecular weight is 332 g/mol. The van der Waals surface area contributed by atoms with Crippen molar-refractivity contribution < 1.29 is 14.6 Å². The number of likely N-dealkylation sites (N-methyl/N-ethyl adjacent to an activating group) is 1. The maximum atomic E-state index is 13.1. The largest absolute Gasteiger partial charge is 0.390 e. The highest BCUT2D eigenvalue weighted by Gasteiger charge is 2.47. The van der Waals surface area contributed by atoms with E-state index < -0.39 is 6.10 Å². The van der Waals surface area contributed by atoms with Crippen molar-refractivity contribution in [1.82, 2.24) is 9.80 Å². The molecule has 132 valence electrons. The van der Waals surface area contributed by atoms with Crippen LogP contribution in [0, 0.1) is 0 Å². The van der Waals surface area contributed by atoms with Crippen LogP contribution in [0.1, 0.15) is 24.8 Å². The van der Waals surface area contributed by atoms with Crippen molar-refractivity contribution in [3.05, 3.63) is 35.9 Å². The Hall–Kier alpha value is -1.43. The van der Waals surface area contributed by atoms with Gasteiger partial charge in [0.25, 0.3) is 0 Å². The van der Waals surface area contributed by atoms with E-state index in [1.54, 1.807) is 4.90 Å². The van der Waals surface area contributed by atoms with Crippen molar-refractivity contribution in [3.63, 3.8) is 0 Å². The summed E-state index contributed by atoms with van der Waals surface area (Å²) in [7, 11) is 1.81. The molecule has 0 bridgehead atoms. The SMILES string of the molecule is CN(CC(O)CN1CCOCC1)C(=O)C1(c2ccccc2)CCC1. The highest BCUT2D eigenvalue weighted by Crippen LogP contribution is 2.44. The molecule has 2 aliphatic rings. The van der Waals surface area contributed by atoms with Crippen molar-refractivity contribution >= 4 is 5.91 Å². The van der Waals surface area contributed by atoms with Gasteiger partial charge in [-0.05, 0) is 18.4 Å². The van der Waals surface area contributed by atoms with Crippen LogP contribution in [0.3, 0.4) is 0 Å². The molecule has 1 aromatic rings. The molecule has 1 heterocycles. The Labute approximate surface area is 144 Å². The number of nitrogens with zero attached hydrogens (tertiary/aromatic N) is 2. The van der Waals surface area contributed by atoms with Crippen molar-refractivity contribution in [2.24, 2.45) is 0 Å². The number of benzene rings is 1. The molecular formula is C19H28N2O3. The minimum atomic E-state index is -0.523. The summed E-state index contributed by atoms with van der Waals surface area (Å²) in [4.78, 5) is 17.0. The minimum absolute atomic E-state index is 0.140. The molecule has 3 rings (SSSR count). The first kappa shape index (κ1) is 17.4. The van der Waals surface area contributed by atoms with Gasteiger partial charge in [0.15, 0.2) is 0 Å². The first-order valence-corrected chi connectivity index (χ1v) is 8.91. The van der Waals surface area contributed by atoms with Crippen LogP contribution in [0.25, 0.3) is 0 Å². The molecule has 2 fully saturated rings. The fourth-order valence-electron chi connectivity index (χ4n) is 3.82. The van der Waals surface area contributed by atoms with Gasteiger partial charge in [0.2, 0.25) is 5.91 Å². The van der Waals surface area contributed by atoms with E-state index in [9.17, 15) is 9.90 Å². The molecule has 5 heteroatoms. The summed E-state index contributed by atoms with van der Waals surface area (Å²) in [6.07, 6.45) is 2.37. The van der Waals surface area contributed by atoms with Gasteiger partial charge >= 0.3 is 0 Å². The number of carbonyl (C=O) groups excluding carboxylic acids is 1. The second-order valence-corrected chi connectivity index (χ2v) is 7.05. The maximum Gasteiger partial charge on any atom is 0.233 e. The van der Waals surface area contributed by atoms with Gasteiger partial charge < -0.3 is 14.7 Å². The Morgan fingerprint density at radius 2 is 1.96 bits per heavy atom. The Morgan fingerprint density at radius 3 is 2.54 bits per heavy atom. The zero-order chi connectivity index (χ0) is 17.0. The standard InChI is InChI=1S/C19H28N2O3/c1-20(14-17(22)15-21-10-12-24-13-11-21)18(23)19(8-5-9-19)16-6-3-2-4-7-16/h2-4,6-7,17,22H,5,8-15H2,1H3. The lowest BCUT2D eigenvalue weighted by Crippen LogP contribution is -2.52. The van der Waals surface area contributed by atoms with Crippen LogP contribution in [0.4, 0.5) is 0 Å². The Bertz CT molecular complexity index is 539. The summed E-state index contributed by atoms with van der Waals surface area (Å²) < 4.78 is 5.33. The molecule has 1 saturated carbocycles. The van der Waals surface area contributed by atoms with Crippen LogP contribution < -0.4 is 0 Å². The van der Waals surface area contributed by atoms with Gasteiger partial charge in [-0.25, -0.2) is 0 Å². The van der Waals surface area contributed by atoms with Crippen LogP contribution >= 0.6 is 0 Å². The summed E-state index contributed by atoms with van der Waals surface area (Å²) in [6, 6.07) is 10.1. The van der Waals surface area contributed by atoms with Gasteiger partial charge in [-0.3, -0.25) is 9.69 Å². The monoisotopic (exact) mass is 332 g/mol. The van der Waals surface area contributed by atoms with Crippen molar-refractivity contribution in [1.29, 1.82) is 0 Å². The zero-order valence-corrected chi connectivity index (χ0v) is 14.5. The molecule has 1 aromatic carbocycles. The topological polar surface area (TPSA) is 53.0 Å². The van der Waals surface area contributed by atoms with Crippen molar-refractivity contribution in [3.8, 4) is 0 Å². The number of carbonyl (C=O) groups is 1. The molecule has 0 radical (unpaired) electrons. The summed E-state index contributed by atoms with van der Waals surface area (Å²) in [5.41, 5.74) is 0.727. The molecule has 1 atom stereocenters. The number of aliphatic hydroxyl groups excluding tert-OH is 1. The van der Waals surface area contributed by atoms with E-state index >= 15 is 0 Å². The molecule has 1 saturated heterocycles. The number of hydrogen-bond acceptors (Lipinski definition) is 4. The van der Waals surface area contributed by atoms with E-state index in [4.69, 9.17) is 4.74 Å². The number of ether oxygens (including phenoxy) is 1. The van der Waals surface area contributed by atoms with Crippen LogP contribution in [0.2, 0.25) is 0 Å². The molecular weight excluding hydrogens is 304 g/mol. The minimum Gasteiger partial charge on any atom is -0.390 e. The molecule has 1 aliphatic heterocycles. The molecule has 1 unspecified atom stereocenters. The quantitative estimate of drug-likeness (QED) is 0.852. The third-order valence-electron chi connectivity index (χ3n) is 5.35. The first-order valence-electron chi connectivity index (χ1n) is 8.91. The van der Waals surface area contributed by atoms with E-state index in [0.29, 0.717) is 13.1 Å². The van der Waals surface area contributed by atoms with E-state index in [1.165, 1.54) is 0 Å². The summed E-state index contributed by atoms with van der Waals surface area (Å²) in [5, 5.41) is 10.4. The third-order valence-corrected chi connectivity index (χ3v) is 5.35. The maximum absolute atomic E-state index is 13.1. The van der Waals surface area contributed by atoms with Gasteiger partial charge in [0.05, 0.1) is 24.7 Å². The van der Waals surface area contributed by atoms with Gasteiger partial charge in [0.1, 0.15) is 0 Å². The molecule has 1 aliphatic carbocycles. The highest BCUT2D eigenvalue weighted by atomic mass is 16.5. The van der Waals surface area contributed by atoms with E-state index in [2.05, 4.69) is 17.0 Å². The second kappa shape index (κ2) is 7.64. The van der Waals surface area contributed by atoms with E-state index in [-0.39, 0.29) is 11.3 Å². The number of rotatable bonds is 6. The van der Waals surface area contributed by atoms with Crippen molar-refractivity contribution in [2.45, 2.75) is 30.8 Å². The number of amides is 1. The van der Waals surface area contributed by atoms with E-state index in [1.807, 2.05) is 25.2 Å². The lowest BCUT2D eigenvalue weighted by Gasteiger charge is -2.43. The van der Waals surface area contributed by atoms with Crippen LogP contribution in [0.15, 0.2) is 30.3 Å². The van der Waals surface area contributed by atoms with Crippen LogP contribution in [-0.4, -0.2) is 73.4 Å². The number of aliphatic hydroxyl groups is 1. The number of β-amino-alcohol motifs (C(OH)–C–C–N with tert-alkyl or cyclic N) is 1. The lowest BCUT2D eigenvalue weighted by atomic mass is 9.63. The molecule has 0 aromatic heterocycles. The highest BCUT2D eigenvalue weighted by molar-refractivity contribution is 5.89. The second-order valence-electron chi connectivity index (χ2n) is 7.05. The van der Waals surface area contributed by atoms with Gasteiger partial charge in [-0.1, -0.05) is 36.8 Å². The summed E-state index contributed by atoms with van der Waals surface area (Å²) in [5.74, 6) is 0.140. The lowest BCUT2D eigenvalue weighted by molar-refractivity contribution is -0.141. The molecule has 1 amide bonds. The summed E-state index contributed by atoms with van der Waals surface area (Å²) in [6.45, 7) is 4.12. The third kappa shape index (κ3) is 3.63. The summed E-state index contributed by atoms with van der Waals surface area (Å²) >= 11 is 0. The fraction of sp³-hybridized carbons (Fsp3) is 0.632. The van der Waals surface area contributed by atoms with Crippen LogP contribution in [0.5, 0.6) is 0 Å². The molecule has 5 nitrogen and oxygen atoms in total.